The normalized spacial score (nSPS) is 44.9. The number of allylic oxidation sites excluding steroid dienone is 1. The molecular formula is C30H46O7. The molecule has 0 aliphatic heterocycles. The van der Waals surface area contributed by atoms with E-state index in [0.717, 1.165) is 5.57 Å². The fraction of sp³-hybridized carbons (Fsp3) is 0.833. The van der Waals surface area contributed by atoms with Gasteiger partial charge >= 0.3 is 0 Å². The Hall–Kier alpha value is -1.41. The van der Waals surface area contributed by atoms with Gasteiger partial charge in [-0.2, -0.15) is 0 Å². The van der Waals surface area contributed by atoms with E-state index in [2.05, 4.69) is 13.0 Å². The quantitative estimate of drug-likeness (QED) is 0.411. The molecule has 37 heavy (non-hydrogen) atoms. The van der Waals surface area contributed by atoms with Crippen LogP contribution in [0.15, 0.2) is 11.6 Å². The molecule has 4 aliphatic carbocycles. The van der Waals surface area contributed by atoms with Gasteiger partial charge < -0.3 is 20.4 Å². The Labute approximate surface area is 220 Å². The molecule has 208 valence electrons. The van der Waals surface area contributed by atoms with Gasteiger partial charge in [-0.25, -0.2) is 0 Å². The van der Waals surface area contributed by atoms with Crippen LogP contribution in [-0.4, -0.2) is 61.2 Å². The topological polar surface area (TPSA) is 132 Å². The maximum atomic E-state index is 14.2. The summed E-state index contributed by atoms with van der Waals surface area (Å²) >= 11 is 0. The van der Waals surface area contributed by atoms with Crippen LogP contribution in [0, 0.1) is 39.4 Å². The number of rotatable bonds is 5. The summed E-state index contributed by atoms with van der Waals surface area (Å²) in [6.45, 7) is 14.4. The predicted octanol–water partition coefficient (Wildman–Crippen LogP) is 3.15. The number of ketones is 3. The first-order chi connectivity index (χ1) is 16.7. The number of aliphatic hydroxyl groups is 4. The maximum absolute atomic E-state index is 14.2. The molecule has 3 fully saturated rings. The van der Waals surface area contributed by atoms with Gasteiger partial charge in [0.2, 0.25) is 0 Å². The Morgan fingerprint density at radius 1 is 1.03 bits per heavy atom. The highest BCUT2D eigenvalue weighted by molar-refractivity contribution is 5.93. The number of carbonyl (C=O) groups excluding carboxylic acids is 3. The summed E-state index contributed by atoms with van der Waals surface area (Å²) in [5, 5.41) is 43.9. The first-order valence-corrected chi connectivity index (χ1v) is 13.8. The standard InChI is InChI=1S/C30H46O7/c1-25(2,36)12-11-21(33)30(8,37)23-19(32)14-27(5)20-10-9-16-17(13-18(31)24(35)26(16,3)4)29(20,7)22(34)15-28(23,27)6/h9,17,19-20,23-24,32,35-37H,10-15H2,1-8H3. The van der Waals surface area contributed by atoms with Crippen molar-refractivity contribution in [3.05, 3.63) is 11.6 Å². The van der Waals surface area contributed by atoms with Crippen molar-refractivity contribution in [2.45, 2.75) is 117 Å². The lowest BCUT2D eigenvalue weighted by Gasteiger charge is -2.64. The van der Waals surface area contributed by atoms with Crippen molar-refractivity contribution in [1.82, 2.24) is 0 Å². The van der Waals surface area contributed by atoms with Crippen LogP contribution < -0.4 is 0 Å². The minimum absolute atomic E-state index is 0.00750. The van der Waals surface area contributed by atoms with Crippen LogP contribution in [0.4, 0.5) is 0 Å². The summed E-state index contributed by atoms with van der Waals surface area (Å²) < 4.78 is 0. The average Bonchev–Trinajstić information content (AvgIpc) is 2.96. The molecule has 0 saturated heterocycles. The Bertz CT molecular complexity index is 1050. The molecule has 7 heteroatoms. The van der Waals surface area contributed by atoms with Crippen LogP contribution in [-0.2, 0) is 14.4 Å². The monoisotopic (exact) mass is 518 g/mol. The second-order valence-electron chi connectivity index (χ2n) is 14.6. The summed E-state index contributed by atoms with van der Waals surface area (Å²) in [6.07, 6.45) is 1.28. The van der Waals surface area contributed by atoms with Crippen molar-refractivity contribution in [3.8, 4) is 0 Å². The fourth-order valence-corrected chi connectivity index (χ4v) is 9.20. The van der Waals surface area contributed by atoms with Crippen LogP contribution in [0.5, 0.6) is 0 Å². The third kappa shape index (κ3) is 3.78. The molecule has 0 amide bonds. The Balaban J connectivity index is 1.77. The molecule has 4 N–H and O–H groups in total. The van der Waals surface area contributed by atoms with Crippen molar-refractivity contribution in [3.63, 3.8) is 0 Å². The summed E-state index contributed by atoms with van der Waals surface area (Å²) in [5.74, 6) is -2.05. The van der Waals surface area contributed by atoms with E-state index in [1.807, 2.05) is 27.7 Å². The zero-order valence-corrected chi connectivity index (χ0v) is 23.7. The smallest absolute Gasteiger partial charge is 0.164 e. The second-order valence-corrected chi connectivity index (χ2v) is 14.6. The van der Waals surface area contributed by atoms with E-state index in [0.29, 0.717) is 12.8 Å². The number of hydrogen-bond acceptors (Lipinski definition) is 7. The third-order valence-electron chi connectivity index (χ3n) is 11.6. The molecule has 7 nitrogen and oxygen atoms in total. The van der Waals surface area contributed by atoms with Gasteiger partial charge in [-0.15, -0.1) is 0 Å². The summed E-state index contributed by atoms with van der Waals surface area (Å²) in [6, 6.07) is 0. The van der Waals surface area contributed by atoms with Crippen LogP contribution in [0.25, 0.3) is 0 Å². The van der Waals surface area contributed by atoms with E-state index < -0.39 is 56.8 Å². The fourth-order valence-electron chi connectivity index (χ4n) is 9.20. The van der Waals surface area contributed by atoms with Gasteiger partial charge in [0.25, 0.3) is 0 Å². The van der Waals surface area contributed by atoms with Gasteiger partial charge in [0.15, 0.2) is 11.6 Å². The number of aliphatic hydroxyl groups excluding tert-OH is 2. The van der Waals surface area contributed by atoms with Gasteiger partial charge in [0.05, 0.1) is 11.7 Å². The molecule has 0 heterocycles. The van der Waals surface area contributed by atoms with Gasteiger partial charge in [0.1, 0.15) is 17.5 Å². The van der Waals surface area contributed by atoms with E-state index in [4.69, 9.17) is 0 Å². The van der Waals surface area contributed by atoms with E-state index in [1.54, 1.807) is 13.8 Å². The van der Waals surface area contributed by atoms with Gasteiger partial charge in [-0.1, -0.05) is 46.3 Å². The molecule has 0 radical (unpaired) electrons. The maximum Gasteiger partial charge on any atom is 0.164 e. The first-order valence-electron chi connectivity index (χ1n) is 13.8. The van der Waals surface area contributed by atoms with Crippen molar-refractivity contribution in [1.29, 1.82) is 0 Å². The van der Waals surface area contributed by atoms with Gasteiger partial charge in [-0.3, -0.25) is 14.4 Å². The van der Waals surface area contributed by atoms with Gasteiger partial charge in [0, 0.05) is 36.0 Å². The van der Waals surface area contributed by atoms with E-state index in [1.165, 1.54) is 6.92 Å². The van der Waals surface area contributed by atoms with Crippen molar-refractivity contribution < 1.29 is 34.8 Å². The largest absolute Gasteiger partial charge is 0.393 e. The van der Waals surface area contributed by atoms with Crippen molar-refractivity contribution >= 4 is 17.3 Å². The Kier molecular flexibility index (Phi) is 6.41. The molecular weight excluding hydrogens is 472 g/mol. The molecule has 9 atom stereocenters. The van der Waals surface area contributed by atoms with Gasteiger partial charge in [-0.05, 0) is 62.7 Å². The lowest BCUT2D eigenvalue weighted by Crippen LogP contribution is -2.65. The van der Waals surface area contributed by atoms with Crippen molar-refractivity contribution in [2.24, 2.45) is 39.4 Å². The minimum Gasteiger partial charge on any atom is -0.393 e. The van der Waals surface area contributed by atoms with E-state index in [-0.39, 0.29) is 49.1 Å². The summed E-state index contributed by atoms with van der Waals surface area (Å²) in [5.41, 5.74) is -5.00. The number of carbonyl (C=O) groups is 3. The molecule has 3 saturated carbocycles. The highest BCUT2D eigenvalue weighted by Gasteiger charge is 2.74. The van der Waals surface area contributed by atoms with Crippen molar-refractivity contribution in [2.75, 3.05) is 0 Å². The molecule has 0 aromatic heterocycles. The molecule has 0 aromatic carbocycles. The second kappa shape index (κ2) is 8.30. The molecule has 4 aliphatic rings. The molecule has 9 unspecified atom stereocenters. The molecule has 0 spiro atoms. The SMILES string of the molecule is CC(C)(O)CCC(=O)C(C)(O)C1C(O)CC2(C)C3CC=C4C(CC(=O)C(O)C4(C)C)C3(C)C(=O)CC12C. The highest BCUT2D eigenvalue weighted by Crippen LogP contribution is 2.74. The summed E-state index contributed by atoms with van der Waals surface area (Å²) in [4.78, 5) is 40.4. The first kappa shape index (κ1) is 28.6. The molecule has 4 rings (SSSR count). The Morgan fingerprint density at radius 2 is 1.62 bits per heavy atom. The van der Waals surface area contributed by atoms with Crippen LogP contribution in [0.3, 0.4) is 0 Å². The minimum atomic E-state index is -1.87. The van der Waals surface area contributed by atoms with Crippen LogP contribution >= 0.6 is 0 Å². The summed E-state index contributed by atoms with van der Waals surface area (Å²) in [7, 11) is 0. The zero-order chi connectivity index (χ0) is 28.1. The lowest BCUT2D eigenvalue weighted by molar-refractivity contribution is -0.184. The number of Topliss-reactive ketones (excluding diaryl/α,β-unsaturated/α-hetero) is 3. The predicted molar refractivity (Wildman–Crippen MR) is 138 cm³/mol. The van der Waals surface area contributed by atoms with Crippen LogP contribution in [0.1, 0.15) is 93.9 Å². The number of hydrogen-bond donors (Lipinski definition) is 4. The van der Waals surface area contributed by atoms with Crippen LogP contribution in [0.2, 0.25) is 0 Å². The Morgan fingerprint density at radius 3 is 2.19 bits per heavy atom. The molecule has 0 aromatic rings. The van der Waals surface area contributed by atoms with E-state index in [9.17, 15) is 34.8 Å². The zero-order valence-electron chi connectivity index (χ0n) is 23.7. The third-order valence-corrected chi connectivity index (χ3v) is 11.6. The molecule has 0 bridgehead atoms. The average molecular weight is 519 g/mol. The van der Waals surface area contributed by atoms with E-state index >= 15 is 0 Å². The lowest BCUT2D eigenvalue weighted by atomic mass is 9.38. The highest BCUT2D eigenvalue weighted by atomic mass is 16.3. The number of fused-ring (bicyclic) bond motifs is 5.